The summed E-state index contributed by atoms with van der Waals surface area (Å²) in [5.41, 5.74) is 0. The van der Waals surface area contributed by atoms with Gasteiger partial charge in [0.05, 0.1) is 0 Å². The highest BCUT2D eigenvalue weighted by Crippen LogP contribution is 2.23. The maximum Gasteiger partial charge on any atom is 0.328 e. The summed E-state index contributed by atoms with van der Waals surface area (Å²) in [5, 5.41) is 8.38. The van der Waals surface area contributed by atoms with Crippen molar-refractivity contribution < 1.29 is 9.90 Å². The van der Waals surface area contributed by atoms with Crippen molar-refractivity contribution in [2.75, 3.05) is 31.1 Å². The smallest absolute Gasteiger partial charge is 0.328 e. The molecule has 1 rings (SSSR count). The normalized spacial score (nSPS) is 20.3. The topological polar surface area (TPSA) is 40.5 Å². The van der Waals surface area contributed by atoms with Crippen LogP contribution in [0.4, 0.5) is 0 Å². The molecule has 0 spiro atoms. The molecule has 1 aliphatic heterocycles. The molecule has 13 heavy (non-hydrogen) atoms. The molecule has 1 saturated heterocycles. The minimum absolute atomic E-state index is 0.757. The number of hydrogen-bond donors (Lipinski definition) is 1. The summed E-state index contributed by atoms with van der Waals surface area (Å²) < 4.78 is 0. The van der Waals surface area contributed by atoms with E-state index < -0.39 is 5.97 Å². The number of carboxylic acids is 1. The molecule has 3 nitrogen and oxygen atoms in total. The highest BCUT2D eigenvalue weighted by molar-refractivity contribution is 8.76. The Balaban J connectivity index is 2.22. The van der Waals surface area contributed by atoms with Gasteiger partial charge in [0, 0.05) is 37.2 Å². The van der Waals surface area contributed by atoms with Crippen molar-refractivity contribution >= 4 is 27.6 Å². The second kappa shape index (κ2) is 6.34. The fourth-order valence-electron chi connectivity index (χ4n) is 1.05. The molecule has 74 valence electrons. The van der Waals surface area contributed by atoms with E-state index >= 15 is 0 Å². The number of hydrogen-bond acceptors (Lipinski definition) is 4. The Labute approximate surface area is 86.0 Å². The lowest BCUT2D eigenvalue weighted by Crippen LogP contribution is -2.27. The summed E-state index contributed by atoms with van der Waals surface area (Å²) in [4.78, 5) is 12.5. The molecular formula is C8H13NO2S2. The van der Waals surface area contributed by atoms with Gasteiger partial charge in [0.1, 0.15) is 0 Å². The van der Waals surface area contributed by atoms with Crippen LogP contribution in [0.5, 0.6) is 0 Å². The number of carboxylic acid groups (broad SMARTS) is 1. The highest BCUT2D eigenvalue weighted by atomic mass is 33.1. The molecule has 0 aromatic carbocycles. The monoisotopic (exact) mass is 219 g/mol. The van der Waals surface area contributed by atoms with Crippen LogP contribution in [0.1, 0.15) is 0 Å². The van der Waals surface area contributed by atoms with Crippen molar-refractivity contribution in [1.82, 2.24) is 4.90 Å². The molecule has 0 amide bonds. The molecule has 1 heterocycles. The van der Waals surface area contributed by atoms with E-state index in [4.69, 9.17) is 5.11 Å². The van der Waals surface area contributed by atoms with Gasteiger partial charge in [0.2, 0.25) is 0 Å². The zero-order chi connectivity index (χ0) is 9.52. The molecule has 1 aliphatic rings. The van der Waals surface area contributed by atoms with E-state index in [1.165, 1.54) is 6.08 Å². The predicted octanol–water partition coefficient (Wildman–Crippen LogP) is 1.32. The number of nitrogens with zero attached hydrogens (tertiary/aromatic N) is 1. The quantitative estimate of drug-likeness (QED) is 0.573. The molecule has 5 heteroatoms. The van der Waals surface area contributed by atoms with Crippen LogP contribution in [-0.4, -0.2) is 47.1 Å². The fraction of sp³-hybridized carbons (Fsp3) is 0.625. The van der Waals surface area contributed by atoms with E-state index in [-0.39, 0.29) is 0 Å². The first-order chi connectivity index (χ1) is 6.29. The minimum atomic E-state index is -0.862. The maximum absolute atomic E-state index is 10.2. The Morgan fingerprint density at radius 3 is 2.54 bits per heavy atom. The second-order valence-corrected chi connectivity index (χ2v) is 5.39. The zero-order valence-electron chi connectivity index (χ0n) is 7.31. The van der Waals surface area contributed by atoms with Gasteiger partial charge in [-0.2, -0.15) is 0 Å². The van der Waals surface area contributed by atoms with Crippen LogP contribution in [0.3, 0.4) is 0 Å². The highest BCUT2D eigenvalue weighted by Gasteiger charge is 2.07. The number of aliphatic carboxylic acids is 1. The van der Waals surface area contributed by atoms with Crippen LogP contribution in [0.2, 0.25) is 0 Å². The van der Waals surface area contributed by atoms with Gasteiger partial charge >= 0.3 is 5.97 Å². The van der Waals surface area contributed by atoms with Gasteiger partial charge in [0.15, 0.2) is 0 Å². The SMILES string of the molecule is O=C(O)/C=C/CN1CCSSCC1. The van der Waals surface area contributed by atoms with Gasteiger partial charge < -0.3 is 5.11 Å². The molecule has 0 radical (unpaired) electrons. The Bertz CT molecular complexity index is 189. The van der Waals surface area contributed by atoms with Crippen LogP contribution in [0.15, 0.2) is 12.2 Å². The Morgan fingerprint density at radius 2 is 2.00 bits per heavy atom. The fourth-order valence-corrected chi connectivity index (χ4v) is 3.10. The third-order valence-electron chi connectivity index (χ3n) is 1.69. The summed E-state index contributed by atoms with van der Waals surface area (Å²) in [5.74, 6) is 1.40. The van der Waals surface area contributed by atoms with E-state index in [0.29, 0.717) is 0 Å². The molecule has 1 N–H and O–H groups in total. The van der Waals surface area contributed by atoms with E-state index in [0.717, 1.165) is 31.1 Å². The van der Waals surface area contributed by atoms with Crippen molar-refractivity contribution in [2.24, 2.45) is 0 Å². The molecule has 0 aromatic heterocycles. The average molecular weight is 219 g/mol. The Kier molecular flexibility index (Phi) is 5.34. The summed E-state index contributed by atoms with van der Waals surface area (Å²) >= 11 is 0. The molecule has 1 fully saturated rings. The van der Waals surface area contributed by atoms with Gasteiger partial charge in [-0.15, -0.1) is 0 Å². The standard InChI is InChI=1S/C8H13NO2S2/c10-8(11)2-1-3-9-4-6-12-13-7-5-9/h1-2H,3-7H2,(H,10,11)/b2-1+. The van der Waals surface area contributed by atoms with Crippen LogP contribution in [0.25, 0.3) is 0 Å². The van der Waals surface area contributed by atoms with Gasteiger partial charge in [-0.25, -0.2) is 4.79 Å². The third-order valence-corrected chi connectivity index (χ3v) is 4.05. The van der Waals surface area contributed by atoms with E-state index in [2.05, 4.69) is 4.90 Å². The number of carbonyl (C=O) groups is 1. The van der Waals surface area contributed by atoms with Crippen LogP contribution in [-0.2, 0) is 4.79 Å². The first-order valence-electron chi connectivity index (χ1n) is 4.15. The third kappa shape index (κ3) is 5.23. The lowest BCUT2D eigenvalue weighted by atomic mass is 10.4. The Morgan fingerprint density at radius 1 is 1.38 bits per heavy atom. The molecule has 0 aliphatic carbocycles. The molecule has 0 unspecified atom stereocenters. The lowest BCUT2D eigenvalue weighted by molar-refractivity contribution is -0.131. The minimum Gasteiger partial charge on any atom is -0.478 e. The summed E-state index contributed by atoms with van der Waals surface area (Å²) in [7, 11) is 3.79. The van der Waals surface area contributed by atoms with Gasteiger partial charge in [-0.05, 0) is 0 Å². The van der Waals surface area contributed by atoms with E-state index in [1.54, 1.807) is 6.08 Å². The van der Waals surface area contributed by atoms with Gasteiger partial charge in [-0.3, -0.25) is 4.90 Å². The van der Waals surface area contributed by atoms with Crippen LogP contribution < -0.4 is 0 Å². The Hall–Kier alpha value is -0.130. The first-order valence-corrected chi connectivity index (χ1v) is 6.64. The summed E-state index contributed by atoms with van der Waals surface area (Å²) in [6, 6.07) is 0. The first kappa shape index (κ1) is 10.9. The molecule has 0 saturated carbocycles. The van der Waals surface area contributed by atoms with Gasteiger partial charge in [-0.1, -0.05) is 27.7 Å². The number of rotatable bonds is 3. The largest absolute Gasteiger partial charge is 0.478 e. The lowest BCUT2D eigenvalue weighted by Gasteiger charge is -2.15. The maximum atomic E-state index is 10.2. The molecule has 0 aromatic rings. The van der Waals surface area contributed by atoms with E-state index in [1.807, 2.05) is 21.6 Å². The van der Waals surface area contributed by atoms with Crippen molar-refractivity contribution in [2.45, 2.75) is 0 Å². The average Bonchev–Trinajstić information content (AvgIpc) is 2.32. The van der Waals surface area contributed by atoms with Crippen molar-refractivity contribution in [3.05, 3.63) is 12.2 Å². The second-order valence-electron chi connectivity index (χ2n) is 2.69. The molecule has 0 bridgehead atoms. The van der Waals surface area contributed by atoms with Crippen LogP contribution >= 0.6 is 21.6 Å². The predicted molar refractivity (Wildman–Crippen MR) is 58.1 cm³/mol. The zero-order valence-corrected chi connectivity index (χ0v) is 8.94. The summed E-state index contributed by atoms with van der Waals surface area (Å²) in [6.07, 6.45) is 2.92. The van der Waals surface area contributed by atoms with Crippen molar-refractivity contribution in [1.29, 1.82) is 0 Å². The van der Waals surface area contributed by atoms with Crippen molar-refractivity contribution in [3.63, 3.8) is 0 Å². The van der Waals surface area contributed by atoms with Crippen molar-refractivity contribution in [3.8, 4) is 0 Å². The molecule has 0 atom stereocenters. The van der Waals surface area contributed by atoms with Crippen LogP contribution in [0, 0.1) is 0 Å². The summed E-state index contributed by atoms with van der Waals surface area (Å²) in [6.45, 7) is 2.87. The molecular weight excluding hydrogens is 206 g/mol. The van der Waals surface area contributed by atoms with Gasteiger partial charge in [0.25, 0.3) is 0 Å². The van der Waals surface area contributed by atoms with E-state index in [9.17, 15) is 4.79 Å².